The lowest BCUT2D eigenvalue weighted by molar-refractivity contribution is 0.195. The van der Waals surface area contributed by atoms with E-state index in [1.54, 1.807) is 18.7 Å². The smallest absolute Gasteiger partial charge is 0.229 e. The fourth-order valence-electron chi connectivity index (χ4n) is 2.36. The molecule has 1 aromatic heterocycles. The Labute approximate surface area is 155 Å². The van der Waals surface area contributed by atoms with Crippen LogP contribution in [0.15, 0.2) is 39.3 Å². The quantitative estimate of drug-likeness (QED) is 0.761. The van der Waals surface area contributed by atoms with Gasteiger partial charge in [0, 0.05) is 40.7 Å². The lowest BCUT2D eigenvalue weighted by atomic mass is 10.2. The van der Waals surface area contributed by atoms with E-state index in [2.05, 4.69) is 40.9 Å². The Kier molecular flexibility index (Phi) is 5.55. The number of ether oxygens (including phenoxy) is 1. The molecule has 0 spiro atoms. The Bertz CT molecular complexity index is 851. The molecule has 1 atom stereocenters. The third-order valence-electron chi connectivity index (χ3n) is 3.46. The van der Waals surface area contributed by atoms with Gasteiger partial charge in [0.1, 0.15) is 5.82 Å². The van der Waals surface area contributed by atoms with Crippen LogP contribution in [0, 0.1) is 0 Å². The summed E-state index contributed by atoms with van der Waals surface area (Å²) >= 11 is 3.46. The second-order valence-electron chi connectivity index (χ2n) is 6.04. The van der Waals surface area contributed by atoms with Gasteiger partial charge in [0.2, 0.25) is 5.95 Å². The van der Waals surface area contributed by atoms with Gasteiger partial charge in [-0.3, -0.25) is 0 Å². The van der Waals surface area contributed by atoms with Gasteiger partial charge < -0.3 is 15.4 Å². The maximum atomic E-state index is 11.7. The van der Waals surface area contributed by atoms with E-state index in [4.69, 9.17) is 4.74 Å². The Morgan fingerprint density at radius 3 is 2.72 bits per heavy atom. The van der Waals surface area contributed by atoms with E-state index in [-0.39, 0.29) is 6.04 Å². The third kappa shape index (κ3) is 5.38. The summed E-state index contributed by atoms with van der Waals surface area (Å²) < 4.78 is 22.1. The molecular formula is C16H20BrN5O2S. The first-order chi connectivity index (χ1) is 11.9. The van der Waals surface area contributed by atoms with Crippen LogP contribution in [0.2, 0.25) is 0 Å². The summed E-state index contributed by atoms with van der Waals surface area (Å²) in [6.45, 7) is 1.45. The summed E-state index contributed by atoms with van der Waals surface area (Å²) in [5, 5.41) is 6.52. The van der Waals surface area contributed by atoms with E-state index in [0.29, 0.717) is 18.2 Å². The number of anilines is 3. The fourth-order valence-corrected chi connectivity index (χ4v) is 3.29. The van der Waals surface area contributed by atoms with Crippen LogP contribution >= 0.6 is 15.9 Å². The van der Waals surface area contributed by atoms with Crippen molar-refractivity contribution in [2.75, 3.05) is 36.4 Å². The van der Waals surface area contributed by atoms with E-state index in [0.717, 1.165) is 29.0 Å². The van der Waals surface area contributed by atoms with E-state index in [1.807, 2.05) is 24.3 Å². The van der Waals surface area contributed by atoms with Gasteiger partial charge in [-0.1, -0.05) is 0 Å². The molecule has 1 saturated heterocycles. The number of benzene rings is 1. The molecule has 0 amide bonds. The Morgan fingerprint density at radius 2 is 2.08 bits per heavy atom. The molecule has 1 aromatic carbocycles. The predicted octanol–water partition coefficient (Wildman–Crippen LogP) is 3.54. The number of hydrogen-bond acceptors (Lipinski definition) is 7. The van der Waals surface area contributed by atoms with Crippen LogP contribution in [0.25, 0.3) is 0 Å². The van der Waals surface area contributed by atoms with Gasteiger partial charge in [0.15, 0.2) is 0 Å². The average molecular weight is 426 g/mol. The zero-order chi connectivity index (χ0) is 17.9. The second kappa shape index (κ2) is 7.67. The Hall–Kier alpha value is -1.71. The number of rotatable bonds is 5. The van der Waals surface area contributed by atoms with Crippen LogP contribution in [0.1, 0.15) is 6.42 Å². The molecule has 1 fully saturated rings. The molecule has 0 saturated carbocycles. The van der Waals surface area contributed by atoms with Crippen molar-refractivity contribution in [3.05, 3.63) is 34.9 Å². The largest absolute Gasteiger partial charge is 0.379 e. The summed E-state index contributed by atoms with van der Waals surface area (Å²) in [6, 6.07) is 7.59. The number of halogens is 1. The molecule has 1 aliphatic heterocycles. The highest BCUT2D eigenvalue weighted by atomic mass is 79.9. The maximum Gasteiger partial charge on any atom is 0.229 e. The Morgan fingerprint density at radius 1 is 1.32 bits per heavy atom. The van der Waals surface area contributed by atoms with Crippen molar-refractivity contribution in [1.82, 2.24) is 9.97 Å². The standard InChI is InChI=1S/C16H20BrN5O2S/c1-25(2,23)22-12-5-3-11(4-6-12)20-16-18-9-14(17)15(21-16)19-13-7-8-24-10-13/h3-6,9,13H,7-8,10H2,1-2H3,(H2,18,19,20,21). The fraction of sp³-hybridized carbons (Fsp3) is 0.375. The molecule has 3 rings (SSSR count). The van der Waals surface area contributed by atoms with Gasteiger partial charge in [-0.25, -0.2) is 9.19 Å². The molecule has 0 radical (unpaired) electrons. The molecule has 2 N–H and O–H groups in total. The monoisotopic (exact) mass is 425 g/mol. The number of hydrogen-bond donors (Lipinski definition) is 2. The summed E-state index contributed by atoms with van der Waals surface area (Å²) in [5.41, 5.74) is 1.51. The Balaban J connectivity index is 1.73. The second-order valence-corrected chi connectivity index (χ2v) is 9.44. The van der Waals surface area contributed by atoms with E-state index >= 15 is 0 Å². The van der Waals surface area contributed by atoms with Gasteiger partial charge >= 0.3 is 0 Å². The van der Waals surface area contributed by atoms with Gasteiger partial charge in [0.25, 0.3) is 0 Å². The first kappa shape index (κ1) is 18.1. The lowest BCUT2D eigenvalue weighted by Gasteiger charge is -2.14. The van der Waals surface area contributed by atoms with Crippen LogP contribution in [0.5, 0.6) is 0 Å². The average Bonchev–Trinajstić information content (AvgIpc) is 3.04. The molecule has 25 heavy (non-hydrogen) atoms. The van der Waals surface area contributed by atoms with Crippen molar-refractivity contribution in [1.29, 1.82) is 0 Å². The molecule has 0 aliphatic carbocycles. The third-order valence-corrected chi connectivity index (χ3v) is 4.69. The van der Waals surface area contributed by atoms with Gasteiger partial charge in [0.05, 0.1) is 22.8 Å². The van der Waals surface area contributed by atoms with Crippen LogP contribution in [0.4, 0.5) is 23.1 Å². The molecule has 2 heterocycles. The van der Waals surface area contributed by atoms with Crippen molar-refractivity contribution in [3.63, 3.8) is 0 Å². The summed E-state index contributed by atoms with van der Waals surface area (Å²) in [4.78, 5) is 8.79. The first-order valence-electron chi connectivity index (χ1n) is 7.80. The SMILES string of the molecule is CS(C)(=O)=Nc1ccc(Nc2ncc(Br)c(NC3CCOC3)n2)cc1. The van der Waals surface area contributed by atoms with E-state index < -0.39 is 9.73 Å². The van der Waals surface area contributed by atoms with Crippen LogP contribution in [-0.2, 0) is 14.5 Å². The van der Waals surface area contributed by atoms with Crippen molar-refractivity contribution in [3.8, 4) is 0 Å². The lowest BCUT2D eigenvalue weighted by Crippen LogP contribution is -2.20. The molecule has 134 valence electrons. The molecule has 1 unspecified atom stereocenters. The minimum atomic E-state index is -2.16. The zero-order valence-electron chi connectivity index (χ0n) is 14.0. The zero-order valence-corrected chi connectivity index (χ0v) is 16.4. The molecule has 7 nitrogen and oxygen atoms in total. The minimum Gasteiger partial charge on any atom is -0.379 e. The van der Waals surface area contributed by atoms with E-state index in [9.17, 15) is 4.21 Å². The van der Waals surface area contributed by atoms with Crippen LogP contribution in [0.3, 0.4) is 0 Å². The number of aromatic nitrogens is 2. The highest BCUT2D eigenvalue weighted by Crippen LogP contribution is 2.25. The molecule has 1 aliphatic rings. The van der Waals surface area contributed by atoms with E-state index in [1.165, 1.54) is 0 Å². The van der Waals surface area contributed by atoms with Crippen molar-refractivity contribution in [2.24, 2.45) is 4.36 Å². The molecule has 0 bridgehead atoms. The highest BCUT2D eigenvalue weighted by molar-refractivity contribution is 9.10. The number of nitrogens with one attached hydrogen (secondary N) is 2. The first-order valence-corrected chi connectivity index (χ1v) is 10.9. The highest BCUT2D eigenvalue weighted by Gasteiger charge is 2.17. The van der Waals surface area contributed by atoms with Crippen LogP contribution < -0.4 is 10.6 Å². The van der Waals surface area contributed by atoms with Crippen molar-refractivity contribution >= 4 is 48.8 Å². The van der Waals surface area contributed by atoms with Crippen LogP contribution in [-0.4, -0.2) is 45.9 Å². The van der Waals surface area contributed by atoms with Gasteiger partial charge in [-0.15, -0.1) is 0 Å². The summed E-state index contributed by atoms with van der Waals surface area (Å²) in [6.07, 6.45) is 5.89. The summed E-state index contributed by atoms with van der Waals surface area (Å²) in [7, 11) is -2.16. The normalized spacial score (nSPS) is 17.3. The molecule has 2 aromatic rings. The maximum absolute atomic E-state index is 11.7. The molecular weight excluding hydrogens is 406 g/mol. The predicted molar refractivity (Wildman–Crippen MR) is 104 cm³/mol. The number of nitrogens with zero attached hydrogens (tertiary/aromatic N) is 3. The minimum absolute atomic E-state index is 0.262. The van der Waals surface area contributed by atoms with Crippen molar-refractivity contribution in [2.45, 2.75) is 12.5 Å². The van der Waals surface area contributed by atoms with Crippen molar-refractivity contribution < 1.29 is 8.95 Å². The summed E-state index contributed by atoms with van der Waals surface area (Å²) in [5.74, 6) is 1.22. The topological polar surface area (TPSA) is 88.5 Å². The van der Waals surface area contributed by atoms with Gasteiger partial charge in [-0.2, -0.15) is 9.35 Å². The van der Waals surface area contributed by atoms with Gasteiger partial charge in [-0.05, 0) is 46.6 Å². The molecule has 9 heteroatoms.